The Morgan fingerprint density at radius 1 is 1.53 bits per heavy atom. The van der Waals surface area contributed by atoms with Gasteiger partial charge in [0.2, 0.25) is 10.0 Å². The van der Waals surface area contributed by atoms with Crippen molar-refractivity contribution in [3.8, 4) is 0 Å². The first-order chi connectivity index (χ1) is 6.99. The third-order valence-electron chi connectivity index (χ3n) is 2.14. The molecule has 0 aromatic heterocycles. The summed E-state index contributed by atoms with van der Waals surface area (Å²) in [5.74, 6) is 0. The number of amides is 2. The van der Waals surface area contributed by atoms with Crippen LogP contribution in [-0.2, 0) is 10.0 Å². The number of rotatable bonds is 5. The van der Waals surface area contributed by atoms with Gasteiger partial charge in [-0.1, -0.05) is 0 Å². The lowest BCUT2D eigenvalue weighted by Gasteiger charge is -2.27. The molecule has 0 atom stereocenters. The Bertz CT molecular complexity index is 315. The van der Waals surface area contributed by atoms with E-state index in [2.05, 4.69) is 10.0 Å². The van der Waals surface area contributed by atoms with Crippen molar-refractivity contribution in [2.45, 2.75) is 12.8 Å². The summed E-state index contributed by atoms with van der Waals surface area (Å²) < 4.78 is 23.9. The number of carbonyl (C=O) groups is 1. The molecule has 0 saturated carbocycles. The number of sulfonamides is 1. The maximum atomic E-state index is 11.3. The minimum Gasteiger partial charge on any atom is -0.338 e. The lowest BCUT2D eigenvalue weighted by Crippen LogP contribution is -2.47. The SMILES string of the molecule is CS(=O)(=O)NCCCN1CCCNC1=O. The standard InChI is InChI=1S/C8H17N3O3S/c1-15(13,14)10-5-3-7-11-6-2-4-9-8(11)12/h10H,2-7H2,1H3,(H,9,12). The van der Waals surface area contributed by atoms with Crippen molar-refractivity contribution in [2.75, 3.05) is 32.4 Å². The number of hydrogen-bond acceptors (Lipinski definition) is 3. The Labute approximate surface area is 90.1 Å². The summed E-state index contributed by atoms with van der Waals surface area (Å²) in [5.41, 5.74) is 0. The van der Waals surface area contributed by atoms with E-state index in [1.807, 2.05) is 0 Å². The fraction of sp³-hybridized carbons (Fsp3) is 0.875. The van der Waals surface area contributed by atoms with Gasteiger partial charge in [-0.05, 0) is 12.8 Å². The van der Waals surface area contributed by atoms with Crippen molar-refractivity contribution in [3.63, 3.8) is 0 Å². The van der Waals surface area contributed by atoms with Gasteiger partial charge in [-0.15, -0.1) is 0 Å². The Morgan fingerprint density at radius 2 is 2.27 bits per heavy atom. The molecule has 2 amide bonds. The van der Waals surface area contributed by atoms with Gasteiger partial charge in [-0.25, -0.2) is 17.9 Å². The average Bonchev–Trinajstić information content (AvgIpc) is 2.13. The van der Waals surface area contributed by atoms with Crippen LogP contribution in [0.15, 0.2) is 0 Å². The van der Waals surface area contributed by atoms with Gasteiger partial charge in [0, 0.05) is 26.2 Å². The van der Waals surface area contributed by atoms with Crippen LogP contribution in [0.3, 0.4) is 0 Å². The molecule has 1 heterocycles. The molecule has 0 aliphatic carbocycles. The zero-order valence-electron chi connectivity index (χ0n) is 8.82. The van der Waals surface area contributed by atoms with E-state index >= 15 is 0 Å². The van der Waals surface area contributed by atoms with Crippen molar-refractivity contribution < 1.29 is 13.2 Å². The molecule has 0 unspecified atom stereocenters. The third kappa shape index (κ3) is 4.98. The number of nitrogens with one attached hydrogen (secondary N) is 2. The molecule has 0 aromatic rings. The molecule has 0 radical (unpaired) electrons. The smallest absolute Gasteiger partial charge is 0.317 e. The van der Waals surface area contributed by atoms with Crippen molar-refractivity contribution >= 4 is 16.1 Å². The second-order valence-electron chi connectivity index (χ2n) is 3.59. The van der Waals surface area contributed by atoms with E-state index in [1.54, 1.807) is 4.90 Å². The summed E-state index contributed by atoms with van der Waals surface area (Å²) in [4.78, 5) is 13.0. The third-order valence-corrected chi connectivity index (χ3v) is 2.87. The van der Waals surface area contributed by atoms with Gasteiger partial charge in [0.05, 0.1) is 6.26 Å². The molecule has 15 heavy (non-hydrogen) atoms. The van der Waals surface area contributed by atoms with E-state index in [0.29, 0.717) is 19.5 Å². The molecule has 1 fully saturated rings. The molecule has 1 aliphatic rings. The maximum absolute atomic E-state index is 11.3. The fourth-order valence-electron chi connectivity index (χ4n) is 1.42. The Hall–Kier alpha value is -0.820. The molecule has 7 heteroatoms. The monoisotopic (exact) mass is 235 g/mol. The van der Waals surface area contributed by atoms with Crippen LogP contribution in [0.1, 0.15) is 12.8 Å². The van der Waals surface area contributed by atoms with E-state index in [1.165, 1.54) is 0 Å². The van der Waals surface area contributed by atoms with Crippen LogP contribution in [0.2, 0.25) is 0 Å². The van der Waals surface area contributed by atoms with Crippen LogP contribution < -0.4 is 10.0 Å². The van der Waals surface area contributed by atoms with Crippen LogP contribution in [0.4, 0.5) is 4.79 Å². The molecular formula is C8H17N3O3S. The van der Waals surface area contributed by atoms with Gasteiger partial charge in [0.15, 0.2) is 0 Å². The highest BCUT2D eigenvalue weighted by Gasteiger charge is 2.16. The molecule has 1 aliphatic heterocycles. The van der Waals surface area contributed by atoms with E-state index in [9.17, 15) is 13.2 Å². The van der Waals surface area contributed by atoms with Crippen LogP contribution in [0, 0.1) is 0 Å². The fourth-order valence-corrected chi connectivity index (χ4v) is 1.93. The first kappa shape index (κ1) is 12.3. The zero-order valence-corrected chi connectivity index (χ0v) is 9.64. The summed E-state index contributed by atoms with van der Waals surface area (Å²) in [6.45, 7) is 2.46. The van der Waals surface area contributed by atoms with Crippen LogP contribution in [0.25, 0.3) is 0 Å². The zero-order chi connectivity index (χ0) is 11.3. The summed E-state index contributed by atoms with van der Waals surface area (Å²) in [5, 5.41) is 2.74. The predicted octanol–water partition coefficient (Wildman–Crippen LogP) is -0.659. The number of hydrogen-bond donors (Lipinski definition) is 2. The Balaban J connectivity index is 2.17. The highest BCUT2D eigenvalue weighted by atomic mass is 32.2. The lowest BCUT2D eigenvalue weighted by atomic mass is 10.3. The van der Waals surface area contributed by atoms with Gasteiger partial charge in [-0.2, -0.15) is 0 Å². The molecule has 1 saturated heterocycles. The van der Waals surface area contributed by atoms with Crippen LogP contribution in [-0.4, -0.2) is 51.8 Å². The first-order valence-electron chi connectivity index (χ1n) is 4.96. The number of carbonyl (C=O) groups excluding carboxylic acids is 1. The predicted molar refractivity (Wildman–Crippen MR) is 57.1 cm³/mol. The molecule has 1 rings (SSSR count). The molecule has 0 aromatic carbocycles. The second-order valence-corrected chi connectivity index (χ2v) is 5.43. The second kappa shape index (κ2) is 5.32. The van der Waals surface area contributed by atoms with E-state index in [0.717, 1.165) is 25.8 Å². The largest absolute Gasteiger partial charge is 0.338 e. The van der Waals surface area contributed by atoms with Gasteiger partial charge in [0.1, 0.15) is 0 Å². The molecule has 88 valence electrons. The van der Waals surface area contributed by atoms with Gasteiger partial charge >= 0.3 is 6.03 Å². The topological polar surface area (TPSA) is 78.5 Å². The highest BCUT2D eigenvalue weighted by Crippen LogP contribution is 1.99. The van der Waals surface area contributed by atoms with Gasteiger partial charge in [-0.3, -0.25) is 0 Å². The average molecular weight is 235 g/mol. The summed E-state index contributed by atoms with van der Waals surface area (Å²) in [6.07, 6.45) is 2.71. The maximum Gasteiger partial charge on any atom is 0.317 e. The van der Waals surface area contributed by atoms with E-state index < -0.39 is 10.0 Å². The quantitative estimate of drug-likeness (QED) is 0.621. The van der Waals surface area contributed by atoms with Gasteiger partial charge in [0.25, 0.3) is 0 Å². The summed E-state index contributed by atoms with van der Waals surface area (Å²) in [6, 6.07) is -0.0550. The van der Waals surface area contributed by atoms with E-state index in [-0.39, 0.29) is 6.03 Å². The highest BCUT2D eigenvalue weighted by molar-refractivity contribution is 7.88. The molecule has 0 bridgehead atoms. The molecule has 0 spiro atoms. The molecule has 6 nitrogen and oxygen atoms in total. The normalized spacial score (nSPS) is 17.7. The van der Waals surface area contributed by atoms with Crippen molar-refractivity contribution in [2.24, 2.45) is 0 Å². The Kier molecular flexibility index (Phi) is 4.34. The van der Waals surface area contributed by atoms with Crippen LogP contribution in [0.5, 0.6) is 0 Å². The minimum absolute atomic E-state index is 0.0550. The first-order valence-corrected chi connectivity index (χ1v) is 6.85. The number of urea groups is 1. The Morgan fingerprint density at radius 3 is 2.87 bits per heavy atom. The minimum atomic E-state index is -3.11. The van der Waals surface area contributed by atoms with Crippen LogP contribution >= 0.6 is 0 Å². The summed E-state index contributed by atoms with van der Waals surface area (Å²) >= 11 is 0. The van der Waals surface area contributed by atoms with Crippen molar-refractivity contribution in [3.05, 3.63) is 0 Å². The van der Waals surface area contributed by atoms with Crippen molar-refractivity contribution in [1.29, 1.82) is 0 Å². The lowest BCUT2D eigenvalue weighted by molar-refractivity contribution is 0.186. The molecule has 2 N–H and O–H groups in total. The van der Waals surface area contributed by atoms with E-state index in [4.69, 9.17) is 0 Å². The van der Waals surface area contributed by atoms with Gasteiger partial charge < -0.3 is 10.2 Å². The number of nitrogens with zero attached hydrogens (tertiary/aromatic N) is 1. The summed E-state index contributed by atoms with van der Waals surface area (Å²) in [7, 11) is -3.11. The molecular weight excluding hydrogens is 218 g/mol. The van der Waals surface area contributed by atoms with Crippen molar-refractivity contribution in [1.82, 2.24) is 14.9 Å².